The summed E-state index contributed by atoms with van der Waals surface area (Å²) >= 11 is 0. The number of carbonyl (C=O) groups is 1. The molecule has 5 N–H and O–H groups in total. The highest BCUT2D eigenvalue weighted by Gasteiger charge is 2.34. The van der Waals surface area contributed by atoms with E-state index in [0.717, 1.165) is 5.56 Å². The lowest BCUT2D eigenvalue weighted by Crippen LogP contribution is -2.34. The Hall–Kier alpha value is -1.55. The quantitative estimate of drug-likeness (QED) is 0.643. The molecule has 4 nitrogen and oxygen atoms in total. The van der Waals surface area contributed by atoms with Crippen molar-refractivity contribution in [1.82, 2.24) is 0 Å². The van der Waals surface area contributed by atoms with Crippen molar-refractivity contribution in [1.29, 1.82) is 0 Å². The molecule has 0 aliphatic heterocycles. The Bertz CT molecular complexity index is 348. The van der Waals surface area contributed by atoms with E-state index in [1.807, 2.05) is 0 Å². The van der Waals surface area contributed by atoms with Gasteiger partial charge in [-0.05, 0) is 37.6 Å². The summed E-state index contributed by atoms with van der Waals surface area (Å²) in [4.78, 5) is 11.2. The predicted octanol–water partition coefficient (Wildman–Crippen LogP) is 0.960. The van der Waals surface area contributed by atoms with Crippen molar-refractivity contribution >= 4 is 11.7 Å². The molecule has 0 aliphatic rings. The van der Waals surface area contributed by atoms with Gasteiger partial charge in [-0.3, -0.25) is 4.79 Å². The van der Waals surface area contributed by atoms with Crippen molar-refractivity contribution in [2.75, 3.05) is 12.3 Å². The maximum Gasteiger partial charge on any atom is 0.313 e. The van der Waals surface area contributed by atoms with Crippen molar-refractivity contribution in [3.63, 3.8) is 0 Å². The van der Waals surface area contributed by atoms with Gasteiger partial charge < -0.3 is 16.6 Å². The summed E-state index contributed by atoms with van der Waals surface area (Å²) < 4.78 is 0. The first-order chi connectivity index (χ1) is 7.00. The van der Waals surface area contributed by atoms with E-state index in [1.165, 1.54) is 0 Å². The van der Waals surface area contributed by atoms with Crippen molar-refractivity contribution in [3.05, 3.63) is 29.8 Å². The minimum absolute atomic E-state index is 0.340. The Balaban J connectivity index is 3.09. The van der Waals surface area contributed by atoms with Crippen LogP contribution in [0.2, 0.25) is 0 Å². The molecule has 0 saturated carbocycles. The van der Waals surface area contributed by atoms with Crippen LogP contribution in [0, 0.1) is 0 Å². The van der Waals surface area contributed by atoms with Gasteiger partial charge in [0.05, 0.1) is 5.41 Å². The predicted molar refractivity (Wildman–Crippen MR) is 59.5 cm³/mol. The van der Waals surface area contributed by atoms with Crippen LogP contribution in [0.4, 0.5) is 5.69 Å². The summed E-state index contributed by atoms with van der Waals surface area (Å²) in [6.45, 7) is 2.01. The summed E-state index contributed by atoms with van der Waals surface area (Å²) in [5, 5.41) is 9.20. The largest absolute Gasteiger partial charge is 0.481 e. The second-order valence-electron chi connectivity index (χ2n) is 3.80. The Morgan fingerprint density at radius 2 is 1.93 bits per heavy atom. The molecule has 0 aromatic heterocycles. The molecular formula is C11H16N2O2. The van der Waals surface area contributed by atoms with Crippen molar-refractivity contribution in [3.8, 4) is 0 Å². The van der Waals surface area contributed by atoms with Gasteiger partial charge in [-0.15, -0.1) is 0 Å². The first-order valence-corrected chi connectivity index (χ1v) is 4.80. The third kappa shape index (κ3) is 2.27. The van der Waals surface area contributed by atoms with Crippen LogP contribution in [0.1, 0.15) is 18.9 Å². The van der Waals surface area contributed by atoms with Crippen LogP contribution in [-0.2, 0) is 10.2 Å². The Morgan fingerprint density at radius 3 is 2.33 bits per heavy atom. The molecule has 0 heterocycles. The molecule has 1 aromatic rings. The molecule has 82 valence electrons. The second kappa shape index (κ2) is 4.31. The number of rotatable bonds is 4. The first-order valence-electron chi connectivity index (χ1n) is 4.80. The molecule has 0 fully saturated rings. The second-order valence-corrected chi connectivity index (χ2v) is 3.80. The summed E-state index contributed by atoms with van der Waals surface area (Å²) in [5.41, 5.74) is 11.4. The van der Waals surface area contributed by atoms with Crippen LogP contribution in [0.3, 0.4) is 0 Å². The lowest BCUT2D eigenvalue weighted by molar-refractivity contribution is -0.143. The Morgan fingerprint density at radius 1 is 1.40 bits per heavy atom. The Labute approximate surface area is 88.9 Å². The number of carboxylic acids is 1. The fraction of sp³-hybridized carbons (Fsp3) is 0.364. The number of hydrogen-bond donors (Lipinski definition) is 3. The van der Waals surface area contributed by atoms with Gasteiger partial charge in [-0.1, -0.05) is 12.1 Å². The fourth-order valence-corrected chi connectivity index (χ4v) is 1.51. The zero-order valence-electron chi connectivity index (χ0n) is 8.73. The normalized spacial score (nSPS) is 14.5. The minimum Gasteiger partial charge on any atom is -0.481 e. The number of hydrogen-bond acceptors (Lipinski definition) is 3. The topological polar surface area (TPSA) is 89.3 Å². The van der Waals surface area contributed by atoms with Gasteiger partial charge in [0.25, 0.3) is 0 Å². The third-order valence-electron chi connectivity index (χ3n) is 2.66. The number of benzene rings is 1. The van der Waals surface area contributed by atoms with E-state index < -0.39 is 11.4 Å². The minimum atomic E-state index is -0.928. The summed E-state index contributed by atoms with van der Waals surface area (Å²) in [6.07, 6.45) is 0.409. The number of carboxylic acid groups (broad SMARTS) is 1. The standard InChI is InChI=1S/C11H16N2O2/c1-11(6-7-12,10(14)15)8-2-4-9(13)5-3-8/h2-5H,6-7,12-13H2,1H3,(H,14,15). The molecule has 0 aliphatic carbocycles. The molecule has 1 aromatic carbocycles. The van der Waals surface area contributed by atoms with Crippen LogP contribution in [0.15, 0.2) is 24.3 Å². The zero-order chi connectivity index (χ0) is 11.5. The fourth-order valence-electron chi connectivity index (χ4n) is 1.51. The first kappa shape index (κ1) is 11.5. The molecular weight excluding hydrogens is 192 g/mol. The average molecular weight is 208 g/mol. The average Bonchev–Trinajstić information content (AvgIpc) is 2.18. The van der Waals surface area contributed by atoms with Crippen LogP contribution in [0.5, 0.6) is 0 Å². The molecule has 1 unspecified atom stereocenters. The molecule has 15 heavy (non-hydrogen) atoms. The van der Waals surface area contributed by atoms with E-state index in [1.54, 1.807) is 31.2 Å². The lowest BCUT2D eigenvalue weighted by atomic mass is 9.79. The van der Waals surface area contributed by atoms with Gasteiger partial charge in [-0.2, -0.15) is 0 Å². The smallest absolute Gasteiger partial charge is 0.313 e. The molecule has 0 saturated heterocycles. The van der Waals surface area contributed by atoms with E-state index in [0.29, 0.717) is 18.7 Å². The molecule has 0 amide bonds. The van der Waals surface area contributed by atoms with Crippen molar-refractivity contribution in [2.45, 2.75) is 18.8 Å². The van der Waals surface area contributed by atoms with Gasteiger partial charge >= 0.3 is 5.97 Å². The van der Waals surface area contributed by atoms with Crippen LogP contribution >= 0.6 is 0 Å². The van der Waals surface area contributed by atoms with E-state index in [-0.39, 0.29) is 0 Å². The van der Waals surface area contributed by atoms with Gasteiger partial charge in [0.15, 0.2) is 0 Å². The summed E-state index contributed by atoms with van der Waals surface area (Å²) in [7, 11) is 0. The van der Waals surface area contributed by atoms with Gasteiger partial charge in [0.2, 0.25) is 0 Å². The maximum atomic E-state index is 11.2. The highest BCUT2D eigenvalue weighted by atomic mass is 16.4. The SMILES string of the molecule is CC(CCN)(C(=O)O)c1ccc(N)cc1. The molecule has 1 atom stereocenters. The summed E-state index contributed by atoms with van der Waals surface area (Å²) in [5.74, 6) is -0.863. The number of nitrogens with two attached hydrogens (primary N) is 2. The zero-order valence-corrected chi connectivity index (χ0v) is 8.73. The molecule has 1 rings (SSSR count). The van der Waals surface area contributed by atoms with E-state index in [9.17, 15) is 9.90 Å². The highest BCUT2D eigenvalue weighted by Crippen LogP contribution is 2.28. The highest BCUT2D eigenvalue weighted by molar-refractivity contribution is 5.81. The Kier molecular flexibility index (Phi) is 3.31. The maximum absolute atomic E-state index is 11.2. The van der Waals surface area contributed by atoms with E-state index in [4.69, 9.17) is 11.5 Å². The molecule has 0 spiro atoms. The molecule has 4 heteroatoms. The molecule has 0 bridgehead atoms. The third-order valence-corrected chi connectivity index (χ3v) is 2.66. The van der Waals surface area contributed by atoms with Crippen LogP contribution < -0.4 is 11.5 Å². The van der Waals surface area contributed by atoms with Crippen molar-refractivity contribution in [2.24, 2.45) is 5.73 Å². The van der Waals surface area contributed by atoms with Crippen molar-refractivity contribution < 1.29 is 9.90 Å². The van der Waals surface area contributed by atoms with Gasteiger partial charge in [0.1, 0.15) is 0 Å². The molecule has 0 radical (unpaired) electrons. The number of anilines is 1. The van der Waals surface area contributed by atoms with E-state index in [2.05, 4.69) is 0 Å². The monoisotopic (exact) mass is 208 g/mol. The van der Waals surface area contributed by atoms with E-state index >= 15 is 0 Å². The lowest BCUT2D eigenvalue weighted by Gasteiger charge is -2.24. The number of nitrogen functional groups attached to an aromatic ring is 1. The van der Waals surface area contributed by atoms with Crippen LogP contribution in [0.25, 0.3) is 0 Å². The van der Waals surface area contributed by atoms with Gasteiger partial charge in [-0.25, -0.2) is 0 Å². The summed E-state index contributed by atoms with van der Waals surface area (Å²) in [6, 6.07) is 6.87. The van der Waals surface area contributed by atoms with Gasteiger partial charge in [0, 0.05) is 5.69 Å². The van der Waals surface area contributed by atoms with Crippen LogP contribution in [-0.4, -0.2) is 17.6 Å². The number of aliphatic carboxylic acids is 1.